The third-order valence-electron chi connectivity index (χ3n) is 4.07. The summed E-state index contributed by atoms with van der Waals surface area (Å²) in [6.45, 7) is 6.79. The first-order chi connectivity index (χ1) is 10.6. The summed E-state index contributed by atoms with van der Waals surface area (Å²) in [5.74, 6) is -1.92. The van der Waals surface area contributed by atoms with E-state index in [0.29, 0.717) is 0 Å². The first-order valence-corrected chi connectivity index (χ1v) is 8.35. The van der Waals surface area contributed by atoms with E-state index in [1.54, 1.807) is 20.8 Å². The molecule has 1 aliphatic rings. The second-order valence-electron chi connectivity index (χ2n) is 7.43. The molecule has 23 heavy (non-hydrogen) atoms. The number of carboxylic acid groups (broad SMARTS) is 1. The normalized spacial score (nSPS) is 18.8. The van der Waals surface area contributed by atoms with Crippen molar-refractivity contribution in [3.8, 4) is 0 Å². The summed E-state index contributed by atoms with van der Waals surface area (Å²) in [5.41, 5.74) is -0.640. The van der Waals surface area contributed by atoms with Crippen LogP contribution in [0, 0.1) is 11.8 Å². The van der Waals surface area contributed by atoms with Crippen LogP contribution in [-0.2, 0) is 14.3 Å². The number of Topliss-reactive ketones (excluding diaryl/α,β-unsaturated/α-hetero) is 1. The van der Waals surface area contributed by atoms with E-state index in [1.165, 1.54) is 6.92 Å². The van der Waals surface area contributed by atoms with Gasteiger partial charge in [0.25, 0.3) is 0 Å². The monoisotopic (exact) mass is 327 g/mol. The van der Waals surface area contributed by atoms with Crippen LogP contribution in [0.3, 0.4) is 0 Å². The first-order valence-electron chi connectivity index (χ1n) is 8.35. The number of carbonyl (C=O) groups excluding carboxylic acids is 2. The van der Waals surface area contributed by atoms with Crippen LogP contribution < -0.4 is 5.32 Å². The zero-order chi connectivity index (χ0) is 17.6. The molecule has 0 spiro atoms. The van der Waals surface area contributed by atoms with Crippen molar-refractivity contribution in [3.05, 3.63) is 0 Å². The van der Waals surface area contributed by atoms with Crippen molar-refractivity contribution in [1.82, 2.24) is 5.32 Å². The van der Waals surface area contributed by atoms with Crippen molar-refractivity contribution in [2.45, 2.75) is 77.9 Å². The quantitative estimate of drug-likeness (QED) is 0.782. The summed E-state index contributed by atoms with van der Waals surface area (Å²) in [5, 5.41) is 11.7. The van der Waals surface area contributed by atoms with Gasteiger partial charge in [0.15, 0.2) is 5.78 Å². The van der Waals surface area contributed by atoms with Crippen LogP contribution in [0.4, 0.5) is 4.79 Å². The Hall–Kier alpha value is -1.59. The summed E-state index contributed by atoms with van der Waals surface area (Å²) >= 11 is 0. The van der Waals surface area contributed by atoms with Crippen LogP contribution in [0.5, 0.6) is 0 Å². The Morgan fingerprint density at radius 1 is 1.17 bits per heavy atom. The van der Waals surface area contributed by atoms with Crippen LogP contribution in [0.15, 0.2) is 0 Å². The number of ketones is 1. The molecule has 1 aliphatic carbocycles. The van der Waals surface area contributed by atoms with Crippen molar-refractivity contribution in [1.29, 1.82) is 0 Å². The molecule has 0 aromatic carbocycles. The average molecular weight is 327 g/mol. The fraction of sp³-hybridized carbons (Fsp3) is 0.824. The van der Waals surface area contributed by atoms with Crippen molar-refractivity contribution < 1.29 is 24.2 Å². The van der Waals surface area contributed by atoms with Gasteiger partial charge in [0, 0.05) is 6.42 Å². The lowest BCUT2D eigenvalue weighted by atomic mass is 9.81. The topological polar surface area (TPSA) is 92.7 Å². The number of alkyl carbamates (subject to hydrolysis) is 1. The summed E-state index contributed by atoms with van der Waals surface area (Å²) in [7, 11) is 0. The van der Waals surface area contributed by atoms with Gasteiger partial charge < -0.3 is 15.2 Å². The Labute approximate surface area is 138 Å². The van der Waals surface area contributed by atoms with Gasteiger partial charge in [0.1, 0.15) is 5.60 Å². The van der Waals surface area contributed by atoms with Crippen LogP contribution in [0.2, 0.25) is 0 Å². The Morgan fingerprint density at radius 3 is 2.22 bits per heavy atom. The molecule has 0 heterocycles. The molecule has 0 aromatic rings. The Bertz CT molecular complexity index is 435. The maximum absolute atomic E-state index is 12.5. The van der Waals surface area contributed by atoms with Gasteiger partial charge in [-0.25, -0.2) is 4.79 Å². The van der Waals surface area contributed by atoms with Gasteiger partial charge in [-0.05, 0) is 39.5 Å². The molecule has 0 radical (unpaired) electrons. The standard InChI is InChI=1S/C17H29NO5/c1-11(15(20)21)10-13(19)14(12-8-6-5-7-9-12)18-16(22)23-17(2,3)4/h11-12,14H,5-10H2,1-4H3,(H,18,22)(H,20,21). The van der Waals surface area contributed by atoms with E-state index in [0.717, 1.165) is 32.1 Å². The lowest BCUT2D eigenvalue weighted by Crippen LogP contribution is -2.48. The zero-order valence-electron chi connectivity index (χ0n) is 14.6. The van der Waals surface area contributed by atoms with Gasteiger partial charge in [-0.2, -0.15) is 0 Å². The summed E-state index contributed by atoms with van der Waals surface area (Å²) in [4.78, 5) is 35.5. The van der Waals surface area contributed by atoms with Gasteiger partial charge in [0.05, 0.1) is 12.0 Å². The van der Waals surface area contributed by atoms with E-state index in [1.807, 2.05) is 0 Å². The molecule has 1 saturated carbocycles. The lowest BCUT2D eigenvalue weighted by molar-refractivity contribution is -0.143. The lowest BCUT2D eigenvalue weighted by Gasteiger charge is -2.31. The number of rotatable bonds is 6. The zero-order valence-corrected chi connectivity index (χ0v) is 14.6. The number of ether oxygens (including phenoxy) is 1. The molecular weight excluding hydrogens is 298 g/mol. The first kappa shape index (κ1) is 19.5. The van der Waals surface area contributed by atoms with E-state index in [-0.39, 0.29) is 18.1 Å². The van der Waals surface area contributed by atoms with Crippen LogP contribution in [0.1, 0.15) is 66.2 Å². The predicted octanol–water partition coefficient (Wildman–Crippen LogP) is 3.14. The van der Waals surface area contributed by atoms with Crippen molar-refractivity contribution in [3.63, 3.8) is 0 Å². The average Bonchev–Trinajstić information content (AvgIpc) is 2.43. The van der Waals surface area contributed by atoms with Gasteiger partial charge >= 0.3 is 12.1 Å². The Morgan fingerprint density at radius 2 is 1.74 bits per heavy atom. The van der Waals surface area contributed by atoms with E-state index in [9.17, 15) is 14.4 Å². The van der Waals surface area contributed by atoms with Crippen molar-refractivity contribution in [2.24, 2.45) is 11.8 Å². The third kappa shape index (κ3) is 7.01. The molecular formula is C17H29NO5. The number of hydrogen-bond acceptors (Lipinski definition) is 4. The fourth-order valence-corrected chi connectivity index (χ4v) is 2.88. The SMILES string of the molecule is CC(CC(=O)C(NC(=O)OC(C)(C)C)C1CCCCC1)C(=O)O. The maximum atomic E-state index is 12.5. The molecule has 1 rings (SSSR count). The minimum atomic E-state index is -1.00. The molecule has 0 saturated heterocycles. The van der Waals surface area contributed by atoms with Gasteiger partial charge in [0.2, 0.25) is 0 Å². The molecule has 2 unspecified atom stereocenters. The van der Waals surface area contributed by atoms with Gasteiger partial charge in [-0.3, -0.25) is 9.59 Å². The van der Waals surface area contributed by atoms with E-state index < -0.39 is 29.6 Å². The molecule has 0 aliphatic heterocycles. The smallest absolute Gasteiger partial charge is 0.408 e. The van der Waals surface area contributed by atoms with Crippen LogP contribution in [0.25, 0.3) is 0 Å². The largest absolute Gasteiger partial charge is 0.481 e. The number of hydrogen-bond donors (Lipinski definition) is 2. The molecule has 2 atom stereocenters. The maximum Gasteiger partial charge on any atom is 0.408 e. The predicted molar refractivity (Wildman–Crippen MR) is 86.2 cm³/mol. The van der Waals surface area contributed by atoms with E-state index >= 15 is 0 Å². The summed E-state index contributed by atoms with van der Waals surface area (Å²) in [6, 6.07) is -0.660. The van der Waals surface area contributed by atoms with Gasteiger partial charge in [-0.15, -0.1) is 0 Å². The number of carbonyl (C=O) groups is 3. The molecule has 6 nitrogen and oxygen atoms in total. The highest BCUT2D eigenvalue weighted by Gasteiger charge is 2.33. The van der Waals surface area contributed by atoms with Crippen molar-refractivity contribution >= 4 is 17.8 Å². The van der Waals surface area contributed by atoms with Crippen LogP contribution in [-0.4, -0.2) is 34.6 Å². The molecule has 0 bridgehead atoms. The summed E-state index contributed by atoms with van der Waals surface area (Å²) in [6.07, 6.45) is 4.23. The van der Waals surface area contributed by atoms with Crippen molar-refractivity contribution in [2.75, 3.05) is 0 Å². The number of aliphatic carboxylic acids is 1. The van der Waals surface area contributed by atoms with Gasteiger partial charge in [-0.1, -0.05) is 26.2 Å². The molecule has 6 heteroatoms. The molecule has 1 fully saturated rings. The fourth-order valence-electron chi connectivity index (χ4n) is 2.88. The second-order valence-corrected chi connectivity index (χ2v) is 7.43. The molecule has 1 amide bonds. The number of nitrogens with one attached hydrogen (secondary N) is 1. The molecule has 0 aromatic heterocycles. The minimum absolute atomic E-state index is 0.0600. The summed E-state index contributed by atoms with van der Waals surface area (Å²) < 4.78 is 5.24. The second kappa shape index (κ2) is 8.31. The minimum Gasteiger partial charge on any atom is -0.481 e. The number of carboxylic acids is 1. The van der Waals surface area contributed by atoms with E-state index in [4.69, 9.17) is 9.84 Å². The van der Waals surface area contributed by atoms with Crippen LogP contribution >= 0.6 is 0 Å². The highest BCUT2D eigenvalue weighted by atomic mass is 16.6. The number of amides is 1. The molecule has 132 valence electrons. The Balaban J connectivity index is 2.77. The van der Waals surface area contributed by atoms with E-state index in [2.05, 4.69) is 5.32 Å². The highest BCUT2D eigenvalue weighted by Crippen LogP contribution is 2.28. The third-order valence-corrected chi connectivity index (χ3v) is 4.07. The Kier molecular flexibility index (Phi) is 7.03. The molecule has 2 N–H and O–H groups in total. The highest BCUT2D eigenvalue weighted by molar-refractivity contribution is 5.90.